The minimum atomic E-state index is -0.811. The molecule has 19 heavy (non-hydrogen) atoms. The molecule has 4 heteroatoms. The van der Waals surface area contributed by atoms with Crippen molar-refractivity contribution < 1.29 is 19.4 Å². The average Bonchev–Trinajstić information content (AvgIpc) is 2.39. The molecule has 0 aromatic heterocycles. The molecule has 0 saturated carbocycles. The first kappa shape index (κ1) is 15.2. The van der Waals surface area contributed by atoms with Crippen molar-refractivity contribution in [2.45, 2.75) is 38.5 Å². The van der Waals surface area contributed by atoms with Crippen molar-refractivity contribution in [3.8, 4) is 0 Å². The number of aliphatic carboxylic acids is 1. The highest BCUT2D eigenvalue weighted by Crippen LogP contribution is 2.05. The summed E-state index contributed by atoms with van der Waals surface area (Å²) in [5.74, 6) is -1.01. The van der Waals surface area contributed by atoms with Crippen molar-refractivity contribution in [2.24, 2.45) is 0 Å². The van der Waals surface area contributed by atoms with Crippen LogP contribution in [0.3, 0.4) is 0 Å². The van der Waals surface area contributed by atoms with Crippen LogP contribution >= 0.6 is 0 Å². The number of carbonyl (C=O) groups excluding carboxylic acids is 1. The molecule has 1 aromatic rings. The maximum Gasteiger partial charge on any atom is 0.305 e. The Labute approximate surface area is 113 Å². The van der Waals surface area contributed by atoms with Crippen LogP contribution in [0, 0.1) is 0 Å². The lowest BCUT2D eigenvalue weighted by molar-refractivity contribution is -0.143. The summed E-state index contributed by atoms with van der Waals surface area (Å²) >= 11 is 0. The number of carbonyl (C=O) groups is 2. The van der Waals surface area contributed by atoms with E-state index in [0.29, 0.717) is 25.9 Å². The Hall–Kier alpha value is -1.84. The van der Waals surface area contributed by atoms with Gasteiger partial charge in [-0.25, -0.2) is 0 Å². The van der Waals surface area contributed by atoms with Crippen LogP contribution in [-0.2, 0) is 20.7 Å². The van der Waals surface area contributed by atoms with Gasteiger partial charge in [0.2, 0.25) is 0 Å². The fourth-order valence-electron chi connectivity index (χ4n) is 1.72. The van der Waals surface area contributed by atoms with Crippen LogP contribution in [0.4, 0.5) is 0 Å². The normalized spacial score (nSPS) is 10.1. The molecule has 0 heterocycles. The van der Waals surface area contributed by atoms with Crippen LogP contribution in [0.2, 0.25) is 0 Å². The zero-order valence-corrected chi connectivity index (χ0v) is 11.0. The molecule has 0 amide bonds. The van der Waals surface area contributed by atoms with E-state index in [1.54, 1.807) is 0 Å². The van der Waals surface area contributed by atoms with Crippen LogP contribution in [0.5, 0.6) is 0 Å². The molecular formula is C15H20O4. The van der Waals surface area contributed by atoms with Gasteiger partial charge in [0.25, 0.3) is 0 Å². The van der Waals surface area contributed by atoms with E-state index in [1.807, 2.05) is 30.3 Å². The van der Waals surface area contributed by atoms with E-state index >= 15 is 0 Å². The van der Waals surface area contributed by atoms with Gasteiger partial charge in [-0.1, -0.05) is 30.3 Å². The maximum absolute atomic E-state index is 11.4. The average molecular weight is 264 g/mol. The van der Waals surface area contributed by atoms with Crippen LogP contribution in [0.15, 0.2) is 30.3 Å². The SMILES string of the molecule is O=C(O)CCCCOC(=O)CCCc1ccccc1. The van der Waals surface area contributed by atoms with Gasteiger partial charge >= 0.3 is 11.9 Å². The van der Waals surface area contributed by atoms with Crippen molar-refractivity contribution in [2.75, 3.05) is 6.61 Å². The van der Waals surface area contributed by atoms with E-state index in [1.165, 1.54) is 5.56 Å². The predicted octanol–water partition coefficient (Wildman–Crippen LogP) is 2.81. The van der Waals surface area contributed by atoms with E-state index < -0.39 is 5.97 Å². The third-order valence-corrected chi connectivity index (χ3v) is 2.74. The molecule has 0 fully saturated rings. The Balaban J connectivity index is 2.01. The van der Waals surface area contributed by atoms with Gasteiger partial charge in [0.05, 0.1) is 6.61 Å². The van der Waals surface area contributed by atoms with E-state index in [4.69, 9.17) is 9.84 Å². The predicted molar refractivity (Wildman–Crippen MR) is 71.8 cm³/mol. The summed E-state index contributed by atoms with van der Waals surface area (Å²) in [5.41, 5.74) is 1.22. The number of benzene rings is 1. The molecule has 104 valence electrons. The molecule has 0 unspecified atom stereocenters. The highest BCUT2D eigenvalue weighted by Gasteiger charge is 2.03. The molecule has 0 aliphatic carbocycles. The van der Waals surface area contributed by atoms with Gasteiger partial charge < -0.3 is 9.84 Å². The summed E-state index contributed by atoms with van der Waals surface area (Å²) in [6, 6.07) is 10.0. The quantitative estimate of drug-likeness (QED) is 0.550. The number of hydrogen-bond acceptors (Lipinski definition) is 3. The monoisotopic (exact) mass is 264 g/mol. The number of ether oxygens (including phenoxy) is 1. The summed E-state index contributed by atoms with van der Waals surface area (Å²) in [7, 11) is 0. The number of rotatable bonds is 9. The highest BCUT2D eigenvalue weighted by atomic mass is 16.5. The minimum absolute atomic E-state index is 0.131. The van der Waals surface area contributed by atoms with Crippen molar-refractivity contribution in [1.29, 1.82) is 0 Å². The topological polar surface area (TPSA) is 63.6 Å². The summed E-state index contributed by atoms with van der Waals surface area (Å²) in [4.78, 5) is 21.7. The van der Waals surface area contributed by atoms with Gasteiger partial charge in [0, 0.05) is 12.8 Å². The third-order valence-electron chi connectivity index (χ3n) is 2.74. The van der Waals surface area contributed by atoms with Crippen LogP contribution in [0.1, 0.15) is 37.7 Å². The zero-order chi connectivity index (χ0) is 13.9. The zero-order valence-electron chi connectivity index (χ0n) is 11.0. The Morgan fingerprint density at radius 3 is 2.42 bits per heavy atom. The second kappa shape index (κ2) is 9.14. The molecule has 1 N–H and O–H groups in total. The van der Waals surface area contributed by atoms with E-state index in [0.717, 1.165) is 12.8 Å². The molecule has 1 aromatic carbocycles. The standard InChI is InChI=1S/C15H20O4/c16-14(17)10-4-5-12-19-15(18)11-6-9-13-7-2-1-3-8-13/h1-3,7-8H,4-6,9-12H2,(H,16,17). The number of unbranched alkanes of at least 4 members (excludes halogenated alkanes) is 1. The van der Waals surface area contributed by atoms with Gasteiger partial charge in [-0.3, -0.25) is 9.59 Å². The fourth-order valence-corrected chi connectivity index (χ4v) is 1.72. The van der Waals surface area contributed by atoms with Gasteiger partial charge in [-0.15, -0.1) is 0 Å². The van der Waals surface area contributed by atoms with Gasteiger partial charge in [-0.05, 0) is 31.2 Å². The molecule has 0 saturated heterocycles. The molecule has 4 nitrogen and oxygen atoms in total. The van der Waals surface area contributed by atoms with E-state index in [-0.39, 0.29) is 12.4 Å². The molecule has 0 aliphatic rings. The smallest absolute Gasteiger partial charge is 0.305 e. The summed E-state index contributed by atoms with van der Waals surface area (Å²) in [5, 5.41) is 8.44. The lowest BCUT2D eigenvalue weighted by atomic mass is 10.1. The molecule has 0 spiro atoms. The summed E-state index contributed by atoms with van der Waals surface area (Å²) in [6.07, 6.45) is 3.34. The van der Waals surface area contributed by atoms with Crippen LogP contribution in [0.25, 0.3) is 0 Å². The summed E-state index contributed by atoms with van der Waals surface area (Å²) in [6.45, 7) is 0.317. The number of carboxylic acids is 1. The fraction of sp³-hybridized carbons (Fsp3) is 0.467. The van der Waals surface area contributed by atoms with Crippen molar-refractivity contribution in [3.63, 3.8) is 0 Å². The maximum atomic E-state index is 11.4. The van der Waals surface area contributed by atoms with Gasteiger partial charge in [0.1, 0.15) is 0 Å². The number of carboxylic acid groups (broad SMARTS) is 1. The van der Waals surface area contributed by atoms with Crippen molar-refractivity contribution >= 4 is 11.9 Å². The molecular weight excluding hydrogens is 244 g/mol. The Morgan fingerprint density at radius 2 is 1.74 bits per heavy atom. The number of hydrogen-bond donors (Lipinski definition) is 1. The van der Waals surface area contributed by atoms with Crippen molar-refractivity contribution in [1.82, 2.24) is 0 Å². The Morgan fingerprint density at radius 1 is 1.00 bits per heavy atom. The van der Waals surface area contributed by atoms with Gasteiger partial charge in [-0.2, -0.15) is 0 Å². The first-order valence-electron chi connectivity index (χ1n) is 6.60. The lowest BCUT2D eigenvalue weighted by Gasteiger charge is -2.04. The van der Waals surface area contributed by atoms with E-state index in [2.05, 4.69) is 0 Å². The lowest BCUT2D eigenvalue weighted by Crippen LogP contribution is -2.06. The Bertz CT molecular complexity index is 386. The van der Waals surface area contributed by atoms with Gasteiger partial charge in [0.15, 0.2) is 0 Å². The first-order chi connectivity index (χ1) is 9.18. The van der Waals surface area contributed by atoms with Crippen LogP contribution < -0.4 is 0 Å². The molecule has 0 bridgehead atoms. The molecule has 1 rings (SSSR count). The largest absolute Gasteiger partial charge is 0.481 e. The highest BCUT2D eigenvalue weighted by molar-refractivity contribution is 5.69. The first-order valence-corrected chi connectivity index (χ1v) is 6.60. The van der Waals surface area contributed by atoms with Crippen molar-refractivity contribution in [3.05, 3.63) is 35.9 Å². The Kier molecular flexibility index (Phi) is 7.32. The minimum Gasteiger partial charge on any atom is -0.481 e. The molecule has 0 aliphatic heterocycles. The van der Waals surface area contributed by atoms with E-state index in [9.17, 15) is 9.59 Å². The number of esters is 1. The second-order valence-corrected chi connectivity index (χ2v) is 4.41. The summed E-state index contributed by atoms with van der Waals surface area (Å²) < 4.78 is 5.03. The van der Waals surface area contributed by atoms with Crippen LogP contribution in [-0.4, -0.2) is 23.7 Å². The number of aryl methyl sites for hydroxylation is 1. The molecule has 0 atom stereocenters. The molecule has 0 radical (unpaired) electrons. The third kappa shape index (κ3) is 7.97. The second-order valence-electron chi connectivity index (χ2n) is 4.41.